The number of allylic oxidation sites excluding steroid dienone is 2. The van der Waals surface area contributed by atoms with Crippen molar-refractivity contribution in [1.82, 2.24) is 0 Å². The summed E-state index contributed by atoms with van der Waals surface area (Å²) in [6, 6.07) is 10.6. The predicted octanol–water partition coefficient (Wildman–Crippen LogP) is 8.07. The Hall–Kier alpha value is -2.42. The highest BCUT2D eigenvalue weighted by atomic mass is 19.2. The van der Waals surface area contributed by atoms with Gasteiger partial charge in [-0.1, -0.05) is 49.1 Å². The van der Waals surface area contributed by atoms with Gasteiger partial charge in [-0.2, -0.15) is 0 Å². The summed E-state index contributed by atoms with van der Waals surface area (Å²) < 4.78 is 35.7. The highest BCUT2D eigenvalue weighted by molar-refractivity contribution is 5.65. The molecular formula is C28H32F2O. The van der Waals surface area contributed by atoms with Crippen molar-refractivity contribution < 1.29 is 13.5 Å². The largest absolute Gasteiger partial charge is 0.490 e. The van der Waals surface area contributed by atoms with Crippen LogP contribution in [0.15, 0.2) is 61.2 Å². The van der Waals surface area contributed by atoms with E-state index < -0.39 is 11.6 Å². The first-order valence-electron chi connectivity index (χ1n) is 11.6. The number of rotatable bonds is 6. The topological polar surface area (TPSA) is 9.23 Å². The van der Waals surface area contributed by atoms with Crippen LogP contribution in [0.2, 0.25) is 0 Å². The fourth-order valence-electron chi connectivity index (χ4n) is 5.64. The number of hydrogen-bond acceptors (Lipinski definition) is 1. The van der Waals surface area contributed by atoms with Crippen LogP contribution in [0.3, 0.4) is 0 Å². The lowest BCUT2D eigenvalue weighted by Gasteiger charge is -2.42. The molecule has 31 heavy (non-hydrogen) atoms. The van der Waals surface area contributed by atoms with E-state index >= 15 is 8.78 Å². The fraction of sp³-hybridized carbons (Fsp3) is 0.429. The zero-order valence-corrected chi connectivity index (χ0v) is 18.3. The lowest BCUT2D eigenvalue weighted by molar-refractivity contribution is 0.132. The molecule has 164 valence electrons. The molecule has 2 aliphatic carbocycles. The van der Waals surface area contributed by atoms with Gasteiger partial charge in [-0.15, -0.1) is 0 Å². The zero-order valence-electron chi connectivity index (χ0n) is 18.3. The van der Waals surface area contributed by atoms with Crippen molar-refractivity contribution in [2.45, 2.75) is 51.4 Å². The minimum absolute atomic E-state index is 0.123. The smallest absolute Gasteiger partial charge is 0.166 e. The van der Waals surface area contributed by atoms with E-state index in [1.54, 1.807) is 36.4 Å². The van der Waals surface area contributed by atoms with Crippen LogP contribution in [0.5, 0.6) is 5.75 Å². The standard InChI is InChI=1S/C28H32F2O/c1-3-5-19-6-7-22-18-23(9-8-21(22)17-19)26-15-14-25(27(29)28(26)30)20-10-12-24(13-11-20)31-16-4-2/h3-5,10-15,19,21-23H,2,6-9,16-18H2,1H3/b5-3+. The first kappa shape index (κ1) is 21.8. The first-order valence-corrected chi connectivity index (χ1v) is 11.6. The minimum Gasteiger partial charge on any atom is -0.490 e. The summed E-state index contributed by atoms with van der Waals surface area (Å²) in [5, 5.41) is 0. The molecule has 4 rings (SSSR count). The van der Waals surface area contributed by atoms with E-state index in [-0.39, 0.29) is 5.92 Å². The second kappa shape index (κ2) is 9.80. The second-order valence-corrected chi connectivity index (χ2v) is 9.08. The van der Waals surface area contributed by atoms with Crippen LogP contribution in [-0.2, 0) is 0 Å². The van der Waals surface area contributed by atoms with Crippen LogP contribution >= 0.6 is 0 Å². The third-order valence-electron chi connectivity index (χ3n) is 7.20. The summed E-state index contributed by atoms with van der Waals surface area (Å²) in [4.78, 5) is 0. The molecular weight excluding hydrogens is 390 g/mol. The molecule has 3 heteroatoms. The summed E-state index contributed by atoms with van der Waals surface area (Å²) in [5.41, 5.74) is 1.51. The summed E-state index contributed by atoms with van der Waals surface area (Å²) in [5.74, 6) is 1.47. The maximum absolute atomic E-state index is 15.1. The molecule has 0 radical (unpaired) electrons. The molecule has 0 aliphatic heterocycles. The molecule has 0 spiro atoms. The monoisotopic (exact) mass is 422 g/mol. The summed E-state index contributed by atoms with van der Waals surface area (Å²) in [6.07, 6.45) is 12.9. The van der Waals surface area contributed by atoms with Gasteiger partial charge >= 0.3 is 0 Å². The molecule has 4 unspecified atom stereocenters. The molecule has 2 fully saturated rings. The summed E-state index contributed by atoms with van der Waals surface area (Å²) in [7, 11) is 0. The van der Waals surface area contributed by atoms with Gasteiger partial charge in [-0.25, -0.2) is 8.78 Å². The Morgan fingerprint density at radius 1 is 0.935 bits per heavy atom. The minimum atomic E-state index is -0.740. The zero-order chi connectivity index (χ0) is 21.8. The molecule has 1 nitrogen and oxygen atoms in total. The van der Waals surface area contributed by atoms with Crippen LogP contribution in [0.4, 0.5) is 8.78 Å². The number of benzene rings is 2. The number of fused-ring (bicyclic) bond motifs is 1. The molecule has 0 bridgehead atoms. The second-order valence-electron chi connectivity index (χ2n) is 9.08. The van der Waals surface area contributed by atoms with Gasteiger partial charge < -0.3 is 4.74 Å². The molecule has 2 aromatic carbocycles. The third-order valence-corrected chi connectivity index (χ3v) is 7.20. The SMILES string of the molecule is C=CCOc1ccc(-c2ccc(C3CCC4CC(/C=C/C)CCC4C3)c(F)c2F)cc1. The quantitative estimate of drug-likeness (QED) is 0.428. The Morgan fingerprint density at radius 3 is 2.42 bits per heavy atom. The highest BCUT2D eigenvalue weighted by Gasteiger charge is 2.36. The Labute approximate surface area is 184 Å². The number of hydrogen-bond donors (Lipinski definition) is 0. The van der Waals surface area contributed by atoms with Crippen molar-refractivity contribution in [3.63, 3.8) is 0 Å². The van der Waals surface area contributed by atoms with E-state index in [0.29, 0.717) is 40.9 Å². The lowest BCUT2D eigenvalue weighted by atomic mass is 9.64. The summed E-state index contributed by atoms with van der Waals surface area (Å²) in [6.45, 7) is 6.13. The van der Waals surface area contributed by atoms with Crippen molar-refractivity contribution in [2.24, 2.45) is 17.8 Å². The van der Waals surface area contributed by atoms with Crippen LogP contribution in [0.1, 0.15) is 56.9 Å². The first-order chi connectivity index (χ1) is 15.1. The van der Waals surface area contributed by atoms with E-state index in [4.69, 9.17) is 4.74 Å². The van der Waals surface area contributed by atoms with Crippen molar-refractivity contribution in [1.29, 1.82) is 0 Å². The lowest BCUT2D eigenvalue weighted by Crippen LogP contribution is -2.30. The fourth-order valence-corrected chi connectivity index (χ4v) is 5.64. The van der Waals surface area contributed by atoms with Crippen LogP contribution in [0.25, 0.3) is 11.1 Å². The average Bonchev–Trinajstić information content (AvgIpc) is 2.80. The van der Waals surface area contributed by atoms with Crippen LogP contribution in [0, 0.1) is 29.4 Å². The van der Waals surface area contributed by atoms with Gasteiger partial charge in [-0.3, -0.25) is 0 Å². The van der Waals surface area contributed by atoms with E-state index in [1.165, 1.54) is 19.3 Å². The normalized spacial score (nSPS) is 25.9. The molecule has 2 aromatic rings. The average molecular weight is 423 g/mol. The molecule has 0 heterocycles. The van der Waals surface area contributed by atoms with Crippen LogP contribution < -0.4 is 4.74 Å². The van der Waals surface area contributed by atoms with E-state index in [0.717, 1.165) is 25.2 Å². The highest BCUT2D eigenvalue weighted by Crippen LogP contribution is 2.48. The van der Waals surface area contributed by atoms with Crippen molar-refractivity contribution >= 4 is 0 Å². The number of halogens is 2. The maximum atomic E-state index is 15.1. The molecule has 0 aromatic heterocycles. The molecule has 0 saturated heterocycles. The molecule has 4 atom stereocenters. The van der Waals surface area contributed by atoms with Crippen molar-refractivity contribution in [3.05, 3.63) is 78.4 Å². The van der Waals surface area contributed by atoms with Gasteiger partial charge in [0.05, 0.1) is 0 Å². The molecule has 2 aliphatic rings. The Morgan fingerprint density at radius 2 is 1.68 bits per heavy atom. The van der Waals surface area contributed by atoms with Crippen molar-refractivity contribution in [2.75, 3.05) is 6.61 Å². The molecule has 2 saturated carbocycles. The van der Waals surface area contributed by atoms with Gasteiger partial charge in [0.1, 0.15) is 12.4 Å². The van der Waals surface area contributed by atoms with Gasteiger partial charge in [0.2, 0.25) is 0 Å². The van der Waals surface area contributed by atoms with E-state index in [9.17, 15) is 0 Å². The van der Waals surface area contributed by atoms with Gasteiger partial charge in [0, 0.05) is 5.56 Å². The van der Waals surface area contributed by atoms with Gasteiger partial charge in [0.25, 0.3) is 0 Å². The molecule has 0 amide bonds. The van der Waals surface area contributed by atoms with Crippen LogP contribution in [-0.4, -0.2) is 6.61 Å². The third kappa shape index (κ3) is 4.76. The van der Waals surface area contributed by atoms with E-state index in [2.05, 4.69) is 25.7 Å². The van der Waals surface area contributed by atoms with Crippen molar-refractivity contribution in [3.8, 4) is 16.9 Å². The number of ether oxygens (including phenoxy) is 1. The summed E-state index contributed by atoms with van der Waals surface area (Å²) >= 11 is 0. The maximum Gasteiger partial charge on any atom is 0.166 e. The van der Waals surface area contributed by atoms with Gasteiger partial charge in [0.15, 0.2) is 11.6 Å². The Balaban J connectivity index is 1.48. The molecule has 0 N–H and O–H groups in total. The van der Waals surface area contributed by atoms with E-state index in [1.807, 2.05) is 6.07 Å². The predicted molar refractivity (Wildman–Crippen MR) is 123 cm³/mol. The Kier molecular flexibility index (Phi) is 6.89. The van der Waals surface area contributed by atoms with Gasteiger partial charge in [-0.05, 0) is 92.4 Å². The Bertz CT molecular complexity index is 931.